The molecule has 0 unspecified atom stereocenters. The minimum atomic E-state index is -0.925. The van der Waals surface area contributed by atoms with Crippen LogP contribution in [0.5, 0.6) is 0 Å². The van der Waals surface area contributed by atoms with Crippen LogP contribution in [0.3, 0.4) is 0 Å². The normalized spacial score (nSPS) is 30.1. The molecule has 2 aliphatic heterocycles. The number of hydrogen-bond acceptors (Lipinski definition) is 5. The summed E-state index contributed by atoms with van der Waals surface area (Å²) >= 11 is 0. The first kappa shape index (κ1) is 25.4. The van der Waals surface area contributed by atoms with Crippen molar-refractivity contribution in [3.63, 3.8) is 0 Å². The SMILES string of the molecule is CC[C@@H]1[C@@H](C(=O)Nc2cc3cc(C4CCN([C@]5(C)COC[C@@H]5F)CC4)c(C)cc3cn2)[C@@H]1c1cnn(C)c1. The van der Waals surface area contributed by atoms with Crippen LogP contribution in [0.15, 0.2) is 36.8 Å². The van der Waals surface area contributed by atoms with E-state index < -0.39 is 11.7 Å². The van der Waals surface area contributed by atoms with E-state index in [1.165, 1.54) is 11.1 Å². The van der Waals surface area contributed by atoms with Gasteiger partial charge in [-0.2, -0.15) is 5.10 Å². The van der Waals surface area contributed by atoms with Crippen LogP contribution in [0.25, 0.3) is 10.8 Å². The molecular weight excluding hydrogens is 481 g/mol. The van der Waals surface area contributed by atoms with Gasteiger partial charge in [-0.15, -0.1) is 0 Å². The molecule has 1 amide bonds. The number of halogens is 1. The Morgan fingerprint density at radius 1 is 1.21 bits per heavy atom. The maximum Gasteiger partial charge on any atom is 0.229 e. The summed E-state index contributed by atoms with van der Waals surface area (Å²) in [6.07, 6.45) is 7.78. The Bertz CT molecular complexity index is 1350. The van der Waals surface area contributed by atoms with Crippen LogP contribution < -0.4 is 5.32 Å². The number of alkyl halides is 1. The monoisotopic (exact) mass is 519 g/mol. The largest absolute Gasteiger partial charge is 0.376 e. The number of ether oxygens (including phenoxy) is 1. The van der Waals surface area contributed by atoms with E-state index in [1.54, 1.807) is 4.68 Å². The van der Waals surface area contributed by atoms with Crippen molar-refractivity contribution in [2.24, 2.45) is 18.9 Å². The lowest BCUT2D eigenvalue weighted by Crippen LogP contribution is -2.55. The van der Waals surface area contributed by atoms with Crippen LogP contribution in [0.2, 0.25) is 0 Å². The number of likely N-dealkylation sites (tertiary alicyclic amines) is 1. The first-order valence-electron chi connectivity index (χ1n) is 13.9. The van der Waals surface area contributed by atoms with E-state index in [9.17, 15) is 9.18 Å². The number of nitrogens with zero attached hydrogens (tertiary/aromatic N) is 4. The Morgan fingerprint density at radius 3 is 2.66 bits per heavy atom. The van der Waals surface area contributed by atoms with Gasteiger partial charge in [-0.05, 0) is 85.8 Å². The van der Waals surface area contributed by atoms with Gasteiger partial charge in [-0.1, -0.05) is 19.4 Å². The lowest BCUT2D eigenvalue weighted by molar-refractivity contribution is -0.117. The van der Waals surface area contributed by atoms with Crippen molar-refractivity contribution < 1.29 is 13.9 Å². The zero-order valence-corrected chi connectivity index (χ0v) is 22.8. The number of benzene rings is 1. The molecule has 2 saturated heterocycles. The summed E-state index contributed by atoms with van der Waals surface area (Å²) < 4.78 is 21.8. The number of rotatable bonds is 6. The molecule has 3 aliphatic rings. The van der Waals surface area contributed by atoms with Gasteiger partial charge in [0.15, 0.2) is 0 Å². The average molecular weight is 520 g/mol. The highest BCUT2D eigenvalue weighted by atomic mass is 19.1. The van der Waals surface area contributed by atoms with Gasteiger partial charge in [-0.3, -0.25) is 14.4 Å². The molecule has 0 radical (unpaired) electrons. The standard InChI is InChI=1S/C30H38FN5O2/c1-5-23-27(22-14-33-35(4)15-22)28(23)29(37)34-26-12-20-11-24(18(2)10-21(20)13-32-26)19-6-8-36(9-7-19)30(3)17-38-16-25(30)31/h10-15,19,23,25,27-28H,5-9,16-17H2,1-4H3,(H,32,34,37)/t23-,25-,27+,28+,30+/m0/s1. The molecular formula is C30H38FN5O2. The van der Waals surface area contributed by atoms with Crippen LogP contribution >= 0.6 is 0 Å². The molecule has 1 saturated carbocycles. The fourth-order valence-corrected chi connectivity index (χ4v) is 6.98. The number of nitrogens with one attached hydrogen (secondary N) is 1. The van der Waals surface area contributed by atoms with Gasteiger partial charge in [0.2, 0.25) is 5.91 Å². The number of fused-ring (bicyclic) bond motifs is 1. The second kappa shape index (κ2) is 9.72. The van der Waals surface area contributed by atoms with E-state index in [1.807, 2.05) is 38.6 Å². The smallest absolute Gasteiger partial charge is 0.229 e. The minimum Gasteiger partial charge on any atom is -0.376 e. The van der Waals surface area contributed by atoms with Gasteiger partial charge in [0.05, 0.1) is 24.9 Å². The number of aryl methyl sites for hydroxylation is 2. The van der Waals surface area contributed by atoms with E-state index >= 15 is 0 Å². The quantitative estimate of drug-likeness (QED) is 0.498. The van der Waals surface area contributed by atoms with Crippen molar-refractivity contribution in [2.75, 3.05) is 31.6 Å². The Morgan fingerprint density at radius 2 is 2.00 bits per heavy atom. The van der Waals surface area contributed by atoms with Crippen LogP contribution in [-0.4, -0.2) is 63.6 Å². The molecule has 5 atom stereocenters. The fourth-order valence-electron chi connectivity index (χ4n) is 6.98. The minimum absolute atomic E-state index is 0.0350. The summed E-state index contributed by atoms with van der Waals surface area (Å²) in [5.41, 5.74) is 3.23. The van der Waals surface area contributed by atoms with Crippen LogP contribution in [0.1, 0.15) is 61.6 Å². The van der Waals surface area contributed by atoms with Gasteiger partial charge < -0.3 is 10.1 Å². The van der Waals surface area contributed by atoms with E-state index in [2.05, 4.69) is 46.3 Å². The highest BCUT2D eigenvalue weighted by molar-refractivity contribution is 5.97. The molecule has 4 heterocycles. The molecule has 2 aromatic heterocycles. The molecule has 1 N–H and O–H groups in total. The van der Waals surface area contributed by atoms with Crippen LogP contribution in [-0.2, 0) is 16.6 Å². The van der Waals surface area contributed by atoms with Gasteiger partial charge in [0.1, 0.15) is 12.0 Å². The lowest BCUT2D eigenvalue weighted by Gasteiger charge is -2.43. The Kier molecular flexibility index (Phi) is 6.51. The van der Waals surface area contributed by atoms with Gasteiger partial charge in [0, 0.05) is 36.7 Å². The molecule has 6 rings (SSSR count). The zero-order chi connectivity index (χ0) is 26.6. The predicted octanol–water partition coefficient (Wildman–Crippen LogP) is 4.96. The average Bonchev–Trinajstić information content (AvgIpc) is 3.33. The third-order valence-electron chi connectivity index (χ3n) is 9.40. The van der Waals surface area contributed by atoms with E-state index in [4.69, 9.17) is 4.74 Å². The Labute approximate surface area is 223 Å². The first-order chi connectivity index (χ1) is 18.3. The number of pyridine rings is 1. The third kappa shape index (κ3) is 4.41. The molecule has 0 bridgehead atoms. The summed E-state index contributed by atoms with van der Waals surface area (Å²) in [4.78, 5) is 20.1. The Balaban J connectivity index is 1.16. The summed E-state index contributed by atoms with van der Waals surface area (Å²) in [5.74, 6) is 1.58. The van der Waals surface area contributed by atoms with Crippen molar-refractivity contribution in [1.82, 2.24) is 19.7 Å². The molecule has 3 aromatic rings. The second-order valence-electron chi connectivity index (χ2n) is 11.8. The third-order valence-corrected chi connectivity index (χ3v) is 9.40. The number of carbonyl (C=O) groups excluding carboxylic acids is 1. The topological polar surface area (TPSA) is 72.3 Å². The molecule has 0 spiro atoms. The van der Waals surface area contributed by atoms with Crippen LogP contribution in [0.4, 0.5) is 10.2 Å². The highest BCUT2D eigenvalue weighted by Gasteiger charge is 2.54. The fraction of sp³-hybridized carbons (Fsp3) is 0.567. The molecule has 1 aromatic carbocycles. The number of piperidine rings is 1. The van der Waals surface area contributed by atoms with E-state index in [0.29, 0.717) is 24.3 Å². The second-order valence-corrected chi connectivity index (χ2v) is 11.8. The summed E-state index contributed by atoms with van der Waals surface area (Å²) in [5, 5.41) is 9.55. The maximum absolute atomic E-state index is 14.5. The van der Waals surface area contributed by atoms with Crippen molar-refractivity contribution in [3.8, 4) is 0 Å². The van der Waals surface area contributed by atoms with Crippen molar-refractivity contribution >= 4 is 22.5 Å². The maximum atomic E-state index is 14.5. The van der Waals surface area contributed by atoms with Crippen LogP contribution in [0, 0.1) is 18.8 Å². The molecule has 8 heteroatoms. The predicted molar refractivity (Wildman–Crippen MR) is 146 cm³/mol. The van der Waals surface area contributed by atoms with Gasteiger partial charge >= 0.3 is 0 Å². The molecule has 202 valence electrons. The zero-order valence-electron chi connectivity index (χ0n) is 22.8. The van der Waals surface area contributed by atoms with Gasteiger partial charge in [0.25, 0.3) is 0 Å². The van der Waals surface area contributed by atoms with Crippen molar-refractivity contribution in [3.05, 3.63) is 53.5 Å². The van der Waals surface area contributed by atoms with Gasteiger partial charge in [-0.25, -0.2) is 9.37 Å². The number of amides is 1. The number of aromatic nitrogens is 3. The molecule has 3 fully saturated rings. The van der Waals surface area contributed by atoms with E-state index in [0.717, 1.165) is 48.7 Å². The summed E-state index contributed by atoms with van der Waals surface area (Å²) in [6.45, 7) is 8.73. The lowest BCUT2D eigenvalue weighted by atomic mass is 9.83. The summed E-state index contributed by atoms with van der Waals surface area (Å²) in [6, 6.07) is 6.47. The highest BCUT2D eigenvalue weighted by Crippen LogP contribution is 2.56. The number of carbonyl (C=O) groups is 1. The first-order valence-corrected chi connectivity index (χ1v) is 13.9. The molecule has 1 aliphatic carbocycles. The van der Waals surface area contributed by atoms with E-state index in [-0.39, 0.29) is 24.3 Å². The Hall–Kier alpha value is -2.84. The number of anilines is 1. The van der Waals surface area contributed by atoms with Crippen molar-refractivity contribution in [1.29, 1.82) is 0 Å². The molecule has 38 heavy (non-hydrogen) atoms. The number of hydrogen-bond donors (Lipinski definition) is 1. The molecule has 7 nitrogen and oxygen atoms in total. The van der Waals surface area contributed by atoms with Crippen molar-refractivity contribution in [2.45, 2.75) is 63.6 Å². The summed E-state index contributed by atoms with van der Waals surface area (Å²) in [7, 11) is 1.91.